The van der Waals surface area contributed by atoms with Crippen LogP contribution in [0.1, 0.15) is 26.3 Å². The monoisotopic (exact) mass is 254 g/mol. The lowest BCUT2D eigenvalue weighted by Crippen LogP contribution is -2.27. The highest BCUT2D eigenvalue weighted by Crippen LogP contribution is 2.19. The number of aromatic nitrogens is 1. The third kappa shape index (κ3) is 4.21. The first-order valence-electron chi connectivity index (χ1n) is 5.49. The van der Waals surface area contributed by atoms with Crippen molar-refractivity contribution in [2.45, 2.75) is 33.0 Å². The molecule has 1 rings (SSSR count). The topological polar surface area (TPSA) is 80.7 Å². The van der Waals surface area contributed by atoms with E-state index in [0.717, 1.165) is 0 Å². The third-order valence-corrected chi connectivity index (χ3v) is 1.93. The van der Waals surface area contributed by atoms with Crippen molar-refractivity contribution in [3.05, 3.63) is 17.8 Å². The summed E-state index contributed by atoms with van der Waals surface area (Å²) in [7, 11) is 1.46. The molecule has 0 fully saturated rings. The predicted octanol–water partition coefficient (Wildman–Crippen LogP) is 1.93. The number of hydrogen-bond donors (Lipinski definition) is 2. The maximum absolute atomic E-state index is 11.5. The molecule has 100 valence electrons. The largest absolute Gasteiger partial charge is 0.481 e. The Morgan fingerprint density at radius 3 is 2.67 bits per heavy atom. The van der Waals surface area contributed by atoms with Gasteiger partial charge in [0, 0.05) is 5.56 Å². The van der Waals surface area contributed by atoms with Crippen LogP contribution < -0.4 is 10.1 Å². The second-order valence-corrected chi connectivity index (χ2v) is 4.68. The molecule has 1 aromatic rings. The van der Waals surface area contributed by atoms with Gasteiger partial charge in [-0.25, -0.2) is 9.78 Å². The molecule has 2 N–H and O–H groups in total. The molecule has 0 aromatic carbocycles. The summed E-state index contributed by atoms with van der Waals surface area (Å²) in [6, 6.07) is 1.58. The van der Waals surface area contributed by atoms with Gasteiger partial charge in [-0.05, 0) is 26.8 Å². The van der Waals surface area contributed by atoms with Gasteiger partial charge in [0.25, 0.3) is 0 Å². The van der Waals surface area contributed by atoms with Gasteiger partial charge in [-0.2, -0.15) is 0 Å². The molecule has 0 bridgehead atoms. The van der Waals surface area contributed by atoms with Gasteiger partial charge >= 0.3 is 6.09 Å². The van der Waals surface area contributed by atoms with E-state index in [4.69, 9.17) is 14.6 Å². The van der Waals surface area contributed by atoms with Crippen LogP contribution in [0.15, 0.2) is 12.3 Å². The molecule has 0 aliphatic heterocycles. The van der Waals surface area contributed by atoms with Crippen LogP contribution >= 0.6 is 0 Å². The number of carbonyl (C=O) groups is 1. The molecule has 0 saturated heterocycles. The summed E-state index contributed by atoms with van der Waals surface area (Å²) >= 11 is 0. The molecular formula is C12H18N2O4. The highest BCUT2D eigenvalue weighted by molar-refractivity contribution is 5.84. The Morgan fingerprint density at radius 2 is 2.17 bits per heavy atom. The first kappa shape index (κ1) is 14.2. The van der Waals surface area contributed by atoms with Crippen LogP contribution in [-0.4, -0.2) is 28.9 Å². The van der Waals surface area contributed by atoms with Crippen molar-refractivity contribution in [3.8, 4) is 5.88 Å². The number of methoxy groups -OCH3 is 1. The standard InChI is InChI=1S/C12H18N2O4/c1-12(2,3)18-11(16)14-9-5-8(7-15)10(17-4)13-6-9/h5-6,15H,7H2,1-4H3,(H,14,16). The molecule has 0 unspecified atom stereocenters. The molecule has 0 spiro atoms. The number of rotatable bonds is 3. The molecule has 0 radical (unpaired) electrons. The second kappa shape index (κ2) is 5.68. The molecule has 0 saturated carbocycles. The lowest BCUT2D eigenvalue weighted by Gasteiger charge is -2.19. The average molecular weight is 254 g/mol. The number of anilines is 1. The van der Waals surface area contributed by atoms with E-state index in [9.17, 15) is 4.79 Å². The van der Waals surface area contributed by atoms with Crippen LogP contribution in [0.25, 0.3) is 0 Å². The summed E-state index contributed by atoms with van der Waals surface area (Å²) in [5.41, 5.74) is 0.365. The molecule has 0 atom stereocenters. The summed E-state index contributed by atoms with van der Waals surface area (Å²) in [4.78, 5) is 15.5. The van der Waals surface area contributed by atoms with Crippen LogP contribution in [0.3, 0.4) is 0 Å². The van der Waals surface area contributed by atoms with Gasteiger partial charge in [0.2, 0.25) is 5.88 Å². The van der Waals surface area contributed by atoms with Crippen LogP contribution in [0.5, 0.6) is 5.88 Å². The van der Waals surface area contributed by atoms with Gasteiger partial charge in [-0.1, -0.05) is 0 Å². The Bertz CT molecular complexity index is 427. The Morgan fingerprint density at radius 1 is 1.50 bits per heavy atom. The molecule has 18 heavy (non-hydrogen) atoms. The van der Waals surface area contributed by atoms with Gasteiger partial charge < -0.3 is 14.6 Å². The van der Waals surface area contributed by atoms with E-state index < -0.39 is 11.7 Å². The average Bonchev–Trinajstić information content (AvgIpc) is 2.26. The zero-order chi connectivity index (χ0) is 13.8. The second-order valence-electron chi connectivity index (χ2n) is 4.68. The number of pyridine rings is 1. The predicted molar refractivity (Wildman–Crippen MR) is 66.6 cm³/mol. The molecule has 1 aromatic heterocycles. The highest BCUT2D eigenvalue weighted by atomic mass is 16.6. The van der Waals surface area contributed by atoms with Crippen molar-refractivity contribution in [1.29, 1.82) is 0 Å². The number of nitrogens with zero attached hydrogens (tertiary/aromatic N) is 1. The number of aliphatic hydroxyl groups is 1. The minimum absolute atomic E-state index is 0.222. The number of carbonyl (C=O) groups excluding carboxylic acids is 1. The number of amides is 1. The van der Waals surface area contributed by atoms with E-state index in [1.807, 2.05) is 0 Å². The summed E-state index contributed by atoms with van der Waals surface area (Å²) in [5, 5.41) is 11.7. The maximum Gasteiger partial charge on any atom is 0.412 e. The van der Waals surface area contributed by atoms with Gasteiger partial charge in [-0.15, -0.1) is 0 Å². The zero-order valence-corrected chi connectivity index (χ0v) is 11.0. The molecule has 1 amide bonds. The highest BCUT2D eigenvalue weighted by Gasteiger charge is 2.16. The van der Waals surface area contributed by atoms with Gasteiger partial charge in [0.05, 0.1) is 25.6 Å². The third-order valence-electron chi connectivity index (χ3n) is 1.93. The van der Waals surface area contributed by atoms with Gasteiger partial charge in [0.1, 0.15) is 5.60 Å². The van der Waals surface area contributed by atoms with Crippen LogP contribution in [0, 0.1) is 0 Å². The Balaban J connectivity index is 2.76. The first-order valence-corrected chi connectivity index (χ1v) is 5.49. The fraction of sp³-hybridized carbons (Fsp3) is 0.500. The minimum atomic E-state index is -0.571. The first-order chi connectivity index (χ1) is 8.35. The van der Waals surface area contributed by atoms with Crippen LogP contribution in [0.4, 0.5) is 10.5 Å². The van der Waals surface area contributed by atoms with Crippen molar-refractivity contribution in [3.63, 3.8) is 0 Å². The van der Waals surface area contributed by atoms with E-state index in [0.29, 0.717) is 17.1 Å². The lowest BCUT2D eigenvalue weighted by atomic mass is 10.2. The number of ether oxygens (including phenoxy) is 2. The van der Waals surface area contributed by atoms with Crippen LogP contribution in [-0.2, 0) is 11.3 Å². The quantitative estimate of drug-likeness (QED) is 0.861. The van der Waals surface area contributed by atoms with E-state index in [1.54, 1.807) is 26.8 Å². The van der Waals surface area contributed by atoms with Crippen molar-refractivity contribution < 1.29 is 19.4 Å². The van der Waals surface area contributed by atoms with Crippen molar-refractivity contribution in [2.75, 3.05) is 12.4 Å². The summed E-state index contributed by atoms with van der Waals surface area (Å²) in [6.07, 6.45) is 0.861. The Labute approximate surface area is 106 Å². The smallest absolute Gasteiger partial charge is 0.412 e. The van der Waals surface area contributed by atoms with Crippen molar-refractivity contribution in [1.82, 2.24) is 4.98 Å². The molecule has 0 aliphatic carbocycles. The molecule has 6 heteroatoms. The molecule has 1 heterocycles. The number of nitrogens with one attached hydrogen (secondary N) is 1. The van der Waals surface area contributed by atoms with E-state index in [2.05, 4.69) is 10.3 Å². The number of hydrogen-bond acceptors (Lipinski definition) is 5. The van der Waals surface area contributed by atoms with Crippen LogP contribution in [0.2, 0.25) is 0 Å². The Hall–Kier alpha value is -1.82. The van der Waals surface area contributed by atoms with Crippen molar-refractivity contribution >= 4 is 11.8 Å². The van der Waals surface area contributed by atoms with E-state index in [-0.39, 0.29) is 6.61 Å². The minimum Gasteiger partial charge on any atom is -0.481 e. The van der Waals surface area contributed by atoms with Gasteiger partial charge in [0.15, 0.2) is 0 Å². The molecule has 6 nitrogen and oxygen atoms in total. The number of aliphatic hydroxyl groups excluding tert-OH is 1. The fourth-order valence-corrected chi connectivity index (χ4v) is 1.28. The van der Waals surface area contributed by atoms with E-state index in [1.165, 1.54) is 13.3 Å². The SMILES string of the molecule is COc1ncc(NC(=O)OC(C)(C)C)cc1CO. The van der Waals surface area contributed by atoms with Gasteiger partial charge in [-0.3, -0.25) is 5.32 Å². The maximum atomic E-state index is 11.5. The Kier molecular flexibility index (Phi) is 4.49. The summed E-state index contributed by atoms with van der Waals surface area (Å²) in [6.45, 7) is 5.11. The lowest BCUT2D eigenvalue weighted by molar-refractivity contribution is 0.0636. The zero-order valence-electron chi connectivity index (χ0n) is 11.0. The normalized spacial score (nSPS) is 10.9. The van der Waals surface area contributed by atoms with Crippen molar-refractivity contribution in [2.24, 2.45) is 0 Å². The van der Waals surface area contributed by atoms with E-state index >= 15 is 0 Å². The summed E-state index contributed by atoms with van der Waals surface area (Å²) in [5.74, 6) is 0.326. The molecule has 0 aliphatic rings. The summed E-state index contributed by atoms with van der Waals surface area (Å²) < 4.78 is 10.1. The molecular weight excluding hydrogens is 236 g/mol. The fourth-order valence-electron chi connectivity index (χ4n) is 1.28.